The Morgan fingerprint density at radius 1 is 1.36 bits per heavy atom. The Kier molecular flexibility index (Phi) is 3.32. The van der Waals surface area contributed by atoms with Gasteiger partial charge in [-0.2, -0.15) is 0 Å². The molecule has 0 aromatic heterocycles. The van der Waals surface area contributed by atoms with E-state index in [1.807, 2.05) is 23.9 Å². The van der Waals surface area contributed by atoms with E-state index in [1.54, 1.807) is 7.11 Å². The van der Waals surface area contributed by atoms with Crippen molar-refractivity contribution in [3.63, 3.8) is 0 Å². The molecule has 76 valence electrons. The first-order valence-corrected chi connectivity index (χ1v) is 5.78. The number of methoxy groups -OCH3 is 1. The Morgan fingerprint density at radius 2 is 2.14 bits per heavy atom. The molecule has 0 amide bonds. The van der Waals surface area contributed by atoms with E-state index in [2.05, 4.69) is 17.4 Å². The third kappa shape index (κ3) is 2.42. The summed E-state index contributed by atoms with van der Waals surface area (Å²) < 4.78 is 5.12. The van der Waals surface area contributed by atoms with Crippen LogP contribution in [0.5, 0.6) is 5.75 Å². The summed E-state index contributed by atoms with van der Waals surface area (Å²) in [6, 6.07) is 8.29. The zero-order valence-electron chi connectivity index (χ0n) is 8.32. The van der Waals surface area contributed by atoms with Crippen LogP contribution in [0.2, 0.25) is 0 Å². The van der Waals surface area contributed by atoms with Crippen molar-refractivity contribution in [2.24, 2.45) is 0 Å². The molecule has 1 aromatic rings. The standard InChI is InChI=1S/C11H15NOS/c1-13-9-2-4-10(5-3-9)14-11-6-7-12-8-11/h2-5,11-12H,6-8H2,1H3/t11-/m0/s1. The molecular formula is C11H15NOS. The molecule has 0 saturated carbocycles. The summed E-state index contributed by atoms with van der Waals surface area (Å²) in [5, 5.41) is 4.11. The van der Waals surface area contributed by atoms with Gasteiger partial charge in [-0.05, 0) is 37.2 Å². The van der Waals surface area contributed by atoms with Gasteiger partial charge in [0.05, 0.1) is 7.11 Å². The predicted octanol–water partition coefficient (Wildman–Crippen LogP) is 2.15. The molecule has 0 unspecified atom stereocenters. The molecule has 0 aliphatic carbocycles. The van der Waals surface area contributed by atoms with Crippen LogP contribution in [0.3, 0.4) is 0 Å². The van der Waals surface area contributed by atoms with Gasteiger partial charge in [0.25, 0.3) is 0 Å². The Labute approximate surface area is 89.0 Å². The predicted molar refractivity (Wildman–Crippen MR) is 60.1 cm³/mol. The van der Waals surface area contributed by atoms with Crippen molar-refractivity contribution >= 4 is 11.8 Å². The third-order valence-electron chi connectivity index (χ3n) is 2.38. The van der Waals surface area contributed by atoms with Crippen LogP contribution in [-0.4, -0.2) is 25.4 Å². The van der Waals surface area contributed by atoms with Gasteiger partial charge in [0, 0.05) is 16.7 Å². The highest BCUT2D eigenvalue weighted by atomic mass is 32.2. The Morgan fingerprint density at radius 3 is 2.71 bits per heavy atom. The highest BCUT2D eigenvalue weighted by Gasteiger charge is 2.15. The average molecular weight is 209 g/mol. The molecule has 1 N–H and O–H groups in total. The van der Waals surface area contributed by atoms with Gasteiger partial charge in [-0.3, -0.25) is 0 Å². The van der Waals surface area contributed by atoms with Gasteiger partial charge < -0.3 is 10.1 Å². The van der Waals surface area contributed by atoms with Gasteiger partial charge in [-0.25, -0.2) is 0 Å². The van der Waals surface area contributed by atoms with E-state index >= 15 is 0 Å². The molecule has 1 heterocycles. The number of nitrogens with one attached hydrogen (secondary N) is 1. The molecule has 1 atom stereocenters. The fourth-order valence-electron chi connectivity index (χ4n) is 1.58. The van der Waals surface area contributed by atoms with Crippen LogP contribution < -0.4 is 10.1 Å². The fraction of sp³-hybridized carbons (Fsp3) is 0.455. The second kappa shape index (κ2) is 4.71. The average Bonchev–Trinajstić information content (AvgIpc) is 2.72. The van der Waals surface area contributed by atoms with E-state index in [9.17, 15) is 0 Å². The Hall–Kier alpha value is -0.670. The smallest absolute Gasteiger partial charge is 0.118 e. The molecule has 1 saturated heterocycles. The monoisotopic (exact) mass is 209 g/mol. The molecule has 0 radical (unpaired) electrons. The zero-order valence-corrected chi connectivity index (χ0v) is 9.14. The lowest BCUT2D eigenvalue weighted by atomic mass is 10.3. The normalized spacial score (nSPS) is 21.1. The highest BCUT2D eigenvalue weighted by molar-refractivity contribution is 8.00. The van der Waals surface area contributed by atoms with Crippen molar-refractivity contribution < 1.29 is 4.74 Å². The number of hydrogen-bond acceptors (Lipinski definition) is 3. The van der Waals surface area contributed by atoms with Crippen LogP contribution in [-0.2, 0) is 0 Å². The SMILES string of the molecule is COc1ccc(S[C@H]2CCNC2)cc1. The maximum atomic E-state index is 5.12. The first kappa shape index (κ1) is 9.87. The van der Waals surface area contributed by atoms with Gasteiger partial charge in [-0.1, -0.05) is 0 Å². The van der Waals surface area contributed by atoms with E-state index in [1.165, 1.54) is 11.3 Å². The maximum absolute atomic E-state index is 5.12. The summed E-state index contributed by atoms with van der Waals surface area (Å²) in [4.78, 5) is 1.33. The van der Waals surface area contributed by atoms with Gasteiger partial charge in [0.15, 0.2) is 0 Å². The van der Waals surface area contributed by atoms with E-state index in [-0.39, 0.29) is 0 Å². The number of ether oxygens (including phenoxy) is 1. The quantitative estimate of drug-likeness (QED) is 0.824. The van der Waals surface area contributed by atoms with Crippen molar-refractivity contribution in [3.8, 4) is 5.75 Å². The number of rotatable bonds is 3. The van der Waals surface area contributed by atoms with Crippen molar-refractivity contribution in [1.29, 1.82) is 0 Å². The summed E-state index contributed by atoms with van der Waals surface area (Å²) in [5.41, 5.74) is 0. The maximum Gasteiger partial charge on any atom is 0.118 e. The van der Waals surface area contributed by atoms with Crippen LogP contribution in [0.15, 0.2) is 29.2 Å². The van der Waals surface area contributed by atoms with Crippen molar-refractivity contribution in [3.05, 3.63) is 24.3 Å². The van der Waals surface area contributed by atoms with Crippen molar-refractivity contribution in [2.45, 2.75) is 16.6 Å². The molecule has 14 heavy (non-hydrogen) atoms. The third-order valence-corrected chi connectivity index (χ3v) is 3.66. The van der Waals surface area contributed by atoms with E-state index in [4.69, 9.17) is 4.74 Å². The van der Waals surface area contributed by atoms with Crippen LogP contribution in [0.25, 0.3) is 0 Å². The Bertz CT molecular complexity index is 280. The number of thioether (sulfide) groups is 1. The lowest BCUT2D eigenvalue weighted by Crippen LogP contribution is -2.09. The fourth-order valence-corrected chi connectivity index (χ4v) is 2.69. The van der Waals surface area contributed by atoms with Crippen LogP contribution in [0.4, 0.5) is 0 Å². The van der Waals surface area contributed by atoms with Gasteiger partial charge in [0.2, 0.25) is 0 Å². The molecule has 1 aliphatic rings. The largest absolute Gasteiger partial charge is 0.497 e. The minimum absolute atomic E-state index is 0.739. The molecule has 2 nitrogen and oxygen atoms in total. The van der Waals surface area contributed by atoms with E-state index < -0.39 is 0 Å². The number of benzene rings is 1. The molecule has 1 aliphatic heterocycles. The molecule has 1 aromatic carbocycles. The first-order chi connectivity index (χ1) is 6.88. The highest BCUT2D eigenvalue weighted by Crippen LogP contribution is 2.28. The van der Waals surface area contributed by atoms with E-state index in [0.717, 1.165) is 24.1 Å². The Balaban J connectivity index is 1.95. The number of hydrogen-bond donors (Lipinski definition) is 1. The van der Waals surface area contributed by atoms with E-state index in [0.29, 0.717) is 0 Å². The summed E-state index contributed by atoms with van der Waals surface area (Å²) in [6.07, 6.45) is 1.27. The molecule has 0 spiro atoms. The second-order valence-electron chi connectivity index (χ2n) is 3.41. The minimum atomic E-state index is 0.739. The molecule has 1 fully saturated rings. The molecule has 3 heteroatoms. The van der Waals surface area contributed by atoms with Crippen molar-refractivity contribution in [1.82, 2.24) is 5.32 Å². The van der Waals surface area contributed by atoms with Gasteiger partial charge >= 0.3 is 0 Å². The van der Waals surface area contributed by atoms with Crippen LogP contribution in [0, 0.1) is 0 Å². The summed E-state index contributed by atoms with van der Waals surface area (Å²) in [6.45, 7) is 2.30. The molecule has 2 rings (SSSR count). The summed E-state index contributed by atoms with van der Waals surface area (Å²) in [7, 11) is 1.70. The lowest BCUT2D eigenvalue weighted by Gasteiger charge is -2.08. The van der Waals surface area contributed by atoms with Crippen molar-refractivity contribution in [2.75, 3.05) is 20.2 Å². The second-order valence-corrected chi connectivity index (χ2v) is 4.78. The molecule has 0 bridgehead atoms. The minimum Gasteiger partial charge on any atom is -0.497 e. The summed E-state index contributed by atoms with van der Waals surface area (Å²) >= 11 is 1.95. The summed E-state index contributed by atoms with van der Waals surface area (Å²) in [5.74, 6) is 0.930. The first-order valence-electron chi connectivity index (χ1n) is 4.90. The topological polar surface area (TPSA) is 21.3 Å². The lowest BCUT2D eigenvalue weighted by molar-refractivity contribution is 0.414. The van der Waals surface area contributed by atoms with Crippen LogP contribution in [0.1, 0.15) is 6.42 Å². The molecular weight excluding hydrogens is 194 g/mol. The van der Waals surface area contributed by atoms with Gasteiger partial charge in [0.1, 0.15) is 5.75 Å². The zero-order chi connectivity index (χ0) is 9.80. The van der Waals surface area contributed by atoms with Crippen LogP contribution >= 0.6 is 11.8 Å². The van der Waals surface area contributed by atoms with Gasteiger partial charge in [-0.15, -0.1) is 11.8 Å².